The maximum absolute atomic E-state index is 14.3. The Labute approximate surface area is 236 Å². The fraction of sp³-hybridized carbons (Fsp3) is 0.0938. The fourth-order valence-corrected chi connectivity index (χ4v) is 4.56. The van der Waals surface area contributed by atoms with Crippen molar-refractivity contribution < 1.29 is 18.8 Å². The average Bonchev–Trinajstić information content (AvgIpc) is 2.96. The summed E-state index contributed by atoms with van der Waals surface area (Å²) in [5.41, 5.74) is 3.71. The van der Waals surface area contributed by atoms with Gasteiger partial charge in [-0.3, -0.25) is 14.4 Å². The molecule has 0 aliphatic rings. The topological polar surface area (TPSA) is 87.3 Å². The second kappa shape index (κ2) is 13.4. The number of nitrogens with one attached hydrogen (secondary N) is 3. The van der Waals surface area contributed by atoms with Crippen LogP contribution < -0.4 is 16.0 Å². The Morgan fingerprint density at radius 2 is 1.43 bits per heavy atom. The minimum absolute atomic E-state index is 0.111. The van der Waals surface area contributed by atoms with Crippen molar-refractivity contribution in [2.24, 2.45) is 0 Å². The molecule has 40 heavy (non-hydrogen) atoms. The molecule has 0 aromatic heterocycles. The van der Waals surface area contributed by atoms with Crippen molar-refractivity contribution in [2.75, 3.05) is 16.4 Å². The third kappa shape index (κ3) is 7.68. The van der Waals surface area contributed by atoms with Crippen molar-refractivity contribution in [3.63, 3.8) is 0 Å². The van der Waals surface area contributed by atoms with Gasteiger partial charge in [0.15, 0.2) is 0 Å². The fourth-order valence-electron chi connectivity index (χ4n) is 3.86. The van der Waals surface area contributed by atoms with Gasteiger partial charge in [-0.15, -0.1) is 11.8 Å². The van der Waals surface area contributed by atoms with Crippen molar-refractivity contribution in [3.05, 3.63) is 131 Å². The number of hydrogen-bond acceptors (Lipinski definition) is 4. The summed E-state index contributed by atoms with van der Waals surface area (Å²) in [7, 11) is 0. The summed E-state index contributed by atoms with van der Waals surface area (Å²) >= 11 is 1.37. The summed E-state index contributed by atoms with van der Waals surface area (Å²) < 4.78 is 14.3. The smallest absolute Gasteiger partial charge is 0.272 e. The van der Waals surface area contributed by atoms with Crippen LogP contribution in [0.3, 0.4) is 0 Å². The second-order valence-corrected chi connectivity index (χ2v) is 10.0. The Balaban J connectivity index is 1.42. The molecule has 4 aromatic rings. The molecule has 4 aromatic carbocycles. The molecule has 3 N–H and O–H groups in total. The Bertz CT molecular complexity index is 1530. The monoisotopic (exact) mass is 553 g/mol. The first-order valence-corrected chi connectivity index (χ1v) is 13.5. The van der Waals surface area contributed by atoms with E-state index < -0.39 is 17.6 Å². The van der Waals surface area contributed by atoms with Crippen molar-refractivity contribution in [2.45, 2.75) is 18.7 Å². The number of amides is 3. The largest absolute Gasteiger partial charge is 0.325 e. The summed E-state index contributed by atoms with van der Waals surface area (Å²) in [6, 6.07) is 27.2. The van der Waals surface area contributed by atoms with Crippen LogP contribution in [0.2, 0.25) is 0 Å². The first-order valence-electron chi connectivity index (χ1n) is 12.5. The quantitative estimate of drug-likeness (QED) is 0.161. The highest BCUT2D eigenvalue weighted by Gasteiger charge is 2.16. The molecule has 202 valence electrons. The Morgan fingerprint density at radius 3 is 2.10 bits per heavy atom. The molecule has 6 nitrogen and oxygen atoms in total. The SMILES string of the molecule is Cc1cccc(C)c1NC(=O)CSc1ccc(NC(=O)/C(=C/c2ccccc2F)NC(=O)c2ccccc2)cc1. The molecule has 4 rings (SSSR count). The van der Waals surface area contributed by atoms with Gasteiger partial charge in [-0.2, -0.15) is 0 Å². The number of benzene rings is 4. The molecule has 0 spiro atoms. The van der Waals surface area contributed by atoms with Gasteiger partial charge in [-0.05, 0) is 73.5 Å². The number of rotatable bonds is 9. The van der Waals surface area contributed by atoms with Crippen LogP contribution in [-0.2, 0) is 9.59 Å². The highest BCUT2D eigenvalue weighted by Crippen LogP contribution is 2.23. The minimum atomic E-state index is -0.610. The number of para-hydroxylation sites is 1. The average molecular weight is 554 g/mol. The van der Waals surface area contributed by atoms with Crippen molar-refractivity contribution in [1.82, 2.24) is 5.32 Å². The zero-order valence-corrected chi connectivity index (χ0v) is 22.8. The number of carbonyl (C=O) groups excluding carboxylic acids is 3. The molecule has 0 fully saturated rings. The van der Waals surface area contributed by atoms with Crippen molar-refractivity contribution in [3.8, 4) is 0 Å². The van der Waals surface area contributed by atoms with Crippen LogP contribution in [0.15, 0.2) is 108 Å². The van der Waals surface area contributed by atoms with Crippen LogP contribution >= 0.6 is 11.8 Å². The molecule has 0 bridgehead atoms. The maximum atomic E-state index is 14.3. The van der Waals surface area contributed by atoms with Gasteiger partial charge in [0.25, 0.3) is 11.8 Å². The zero-order chi connectivity index (χ0) is 28.5. The van der Waals surface area contributed by atoms with Gasteiger partial charge in [0.1, 0.15) is 11.5 Å². The molecule has 0 atom stereocenters. The molecule has 3 amide bonds. The van der Waals surface area contributed by atoms with E-state index in [2.05, 4.69) is 16.0 Å². The summed E-state index contributed by atoms with van der Waals surface area (Å²) in [5.74, 6) is -1.52. The van der Waals surface area contributed by atoms with E-state index >= 15 is 0 Å². The third-order valence-electron chi connectivity index (χ3n) is 5.96. The molecule has 0 saturated heterocycles. The van der Waals surface area contributed by atoms with Gasteiger partial charge in [-0.1, -0.05) is 54.6 Å². The van der Waals surface area contributed by atoms with Crippen LogP contribution in [0.25, 0.3) is 6.08 Å². The van der Waals surface area contributed by atoms with Crippen molar-refractivity contribution in [1.29, 1.82) is 0 Å². The molecule has 8 heteroatoms. The predicted molar refractivity (Wildman–Crippen MR) is 159 cm³/mol. The summed E-state index contributed by atoms with van der Waals surface area (Å²) in [4.78, 5) is 39.2. The molecule has 0 unspecified atom stereocenters. The number of carbonyl (C=O) groups is 3. The predicted octanol–water partition coefficient (Wildman–Crippen LogP) is 6.58. The van der Waals surface area contributed by atoms with Crippen LogP contribution in [0, 0.1) is 19.7 Å². The summed E-state index contributed by atoms with van der Waals surface area (Å²) in [5, 5.41) is 8.30. The van der Waals surface area contributed by atoms with Gasteiger partial charge in [0, 0.05) is 27.4 Å². The van der Waals surface area contributed by atoms with Crippen molar-refractivity contribution >= 4 is 46.9 Å². The number of hydrogen-bond donors (Lipinski definition) is 3. The molecule has 0 aliphatic heterocycles. The molecule has 0 radical (unpaired) electrons. The van der Waals surface area contributed by atoms with E-state index in [1.165, 1.54) is 30.0 Å². The third-order valence-corrected chi connectivity index (χ3v) is 6.97. The van der Waals surface area contributed by atoms with Crippen LogP contribution in [-0.4, -0.2) is 23.5 Å². The van der Waals surface area contributed by atoms with E-state index in [-0.39, 0.29) is 22.9 Å². The lowest BCUT2D eigenvalue weighted by Gasteiger charge is -2.12. The first kappa shape index (κ1) is 28.3. The summed E-state index contributed by atoms with van der Waals surface area (Å²) in [6.45, 7) is 3.90. The number of anilines is 2. The lowest BCUT2D eigenvalue weighted by atomic mass is 10.1. The lowest BCUT2D eigenvalue weighted by molar-refractivity contribution is -0.114. The molecule has 0 heterocycles. The molecular weight excluding hydrogens is 525 g/mol. The van der Waals surface area contributed by atoms with Gasteiger partial charge < -0.3 is 16.0 Å². The van der Waals surface area contributed by atoms with E-state index in [1.807, 2.05) is 32.0 Å². The highest BCUT2D eigenvalue weighted by atomic mass is 32.2. The van der Waals surface area contributed by atoms with Gasteiger partial charge >= 0.3 is 0 Å². The van der Waals surface area contributed by atoms with Gasteiger partial charge in [-0.25, -0.2) is 4.39 Å². The van der Waals surface area contributed by atoms with E-state index in [0.29, 0.717) is 11.3 Å². The Kier molecular flexibility index (Phi) is 9.48. The second-order valence-electron chi connectivity index (χ2n) is 8.98. The minimum Gasteiger partial charge on any atom is -0.325 e. The zero-order valence-electron chi connectivity index (χ0n) is 22.0. The van der Waals surface area contributed by atoms with E-state index in [9.17, 15) is 18.8 Å². The normalized spacial score (nSPS) is 11.0. The first-order chi connectivity index (χ1) is 19.3. The molecule has 0 aliphatic carbocycles. The number of halogens is 1. The summed E-state index contributed by atoms with van der Waals surface area (Å²) in [6.07, 6.45) is 1.30. The molecular formula is C32H28FN3O3S. The lowest BCUT2D eigenvalue weighted by Crippen LogP contribution is -2.30. The van der Waals surface area contributed by atoms with Gasteiger partial charge in [0.2, 0.25) is 5.91 Å². The maximum Gasteiger partial charge on any atom is 0.272 e. The van der Waals surface area contributed by atoms with E-state index in [4.69, 9.17) is 0 Å². The molecule has 0 saturated carbocycles. The number of aryl methyl sites for hydroxylation is 2. The Hall–Kier alpha value is -4.69. The standard InChI is InChI=1S/C32H28FN3O3S/c1-21-9-8-10-22(2)30(21)36-29(37)20-40-26-17-15-25(16-18-26)34-32(39)28(19-24-13-6-7-14-27(24)33)35-31(38)23-11-4-3-5-12-23/h3-19H,20H2,1-2H3,(H,34,39)(H,35,38)(H,36,37)/b28-19-. The number of thioether (sulfide) groups is 1. The van der Waals surface area contributed by atoms with Crippen LogP contribution in [0.1, 0.15) is 27.0 Å². The van der Waals surface area contributed by atoms with E-state index in [0.717, 1.165) is 21.7 Å². The van der Waals surface area contributed by atoms with Crippen LogP contribution in [0.4, 0.5) is 15.8 Å². The highest BCUT2D eigenvalue weighted by molar-refractivity contribution is 8.00. The van der Waals surface area contributed by atoms with Gasteiger partial charge in [0.05, 0.1) is 5.75 Å². The van der Waals surface area contributed by atoms with Crippen LogP contribution in [0.5, 0.6) is 0 Å². The van der Waals surface area contributed by atoms with E-state index in [1.54, 1.807) is 66.7 Å². The Morgan fingerprint density at radius 1 is 0.775 bits per heavy atom.